The van der Waals surface area contributed by atoms with E-state index in [-0.39, 0.29) is 5.54 Å². The van der Waals surface area contributed by atoms with E-state index in [1.54, 1.807) is 7.11 Å². The second-order valence-electron chi connectivity index (χ2n) is 6.25. The van der Waals surface area contributed by atoms with Crippen LogP contribution in [0, 0.1) is 13.8 Å². The average Bonchev–Trinajstić information content (AvgIpc) is 2.25. The summed E-state index contributed by atoms with van der Waals surface area (Å²) in [5.74, 6) is 1.00. The highest BCUT2D eigenvalue weighted by Crippen LogP contribution is 2.26. The van der Waals surface area contributed by atoms with Gasteiger partial charge >= 0.3 is 0 Å². The minimum Gasteiger partial charge on any atom is -0.496 e. The summed E-state index contributed by atoms with van der Waals surface area (Å²) in [6, 6.07) is 4.36. The lowest BCUT2D eigenvalue weighted by Crippen LogP contribution is -2.36. The molecule has 0 spiro atoms. The van der Waals surface area contributed by atoms with Gasteiger partial charge in [0.25, 0.3) is 0 Å². The van der Waals surface area contributed by atoms with Gasteiger partial charge in [0, 0.05) is 17.6 Å². The number of methoxy groups -OCH3 is 1. The zero-order valence-electron chi connectivity index (χ0n) is 13.2. The Hall–Kier alpha value is -1.06. The standard InChI is InChI=1S/C16H28N2O/c1-12-9-13(2)15(19-6)14(10-12)11-18(5)8-7-16(3,4)17/h9-10H,7-8,11,17H2,1-6H3. The maximum Gasteiger partial charge on any atom is 0.126 e. The predicted molar refractivity (Wildman–Crippen MR) is 81.7 cm³/mol. The van der Waals surface area contributed by atoms with E-state index in [1.807, 2.05) is 0 Å². The molecular formula is C16H28N2O. The molecule has 0 fully saturated rings. The molecule has 0 aliphatic rings. The summed E-state index contributed by atoms with van der Waals surface area (Å²) in [6.07, 6.45) is 0.983. The van der Waals surface area contributed by atoms with Crippen LogP contribution in [-0.4, -0.2) is 31.1 Å². The van der Waals surface area contributed by atoms with Crippen LogP contribution in [0.5, 0.6) is 5.75 Å². The monoisotopic (exact) mass is 264 g/mol. The van der Waals surface area contributed by atoms with Crippen molar-refractivity contribution >= 4 is 0 Å². The third kappa shape index (κ3) is 5.21. The highest BCUT2D eigenvalue weighted by molar-refractivity contribution is 5.43. The smallest absolute Gasteiger partial charge is 0.126 e. The van der Waals surface area contributed by atoms with Gasteiger partial charge in [-0.25, -0.2) is 0 Å². The molecule has 2 N–H and O–H groups in total. The van der Waals surface area contributed by atoms with Crippen LogP contribution in [0.4, 0.5) is 0 Å². The summed E-state index contributed by atoms with van der Waals surface area (Å²) in [5, 5.41) is 0. The molecule has 0 heterocycles. The number of aryl methyl sites for hydroxylation is 2. The van der Waals surface area contributed by atoms with E-state index in [9.17, 15) is 0 Å². The molecule has 0 saturated carbocycles. The number of rotatable bonds is 6. The summed E-state index contributed by atoms with van der Waals surface area (Å²) in [5.41, 5.74) is 9.65. The normalized spacial score (nSPS) is 12.0. The van der Waals surface area contributed by atoms with E-state index in [4.69, 9.17) is 10.5 Å². The van der Waals surface area contributed by atoms with Crippen LogP contribution in [-0.2, 0) is 6.54 Å². The Morgan fingerprint density at radius 1 is 1.26 bits per heavy atom. The van der Waals surface area contributed by atoms with Crippen molar-refractivity contribution in [1.29, 1.82) is 0 Å². The van der Waals surface area contributed by atoms with Gasteiger partial charge in [0.15, 0.2) is 0 Å². The third-order valence-electron chi connectivity index (χ3n) is 3.28. The average molecular weight is 264 g/mol. The molecule has 19 heavy (non-hydrogen) atoms. The first-order valence-corrected chi connectivity index (χ1v) is 6.84. The third-order valence-corrected chi connectivity index (χ3v) is 3.28. The molecule has 1 aromatic carbocycles. The number of benzene rings is 1. The molecule has 0 aliphatic heterocycles. The molecule has 0 unspecified atom stereocenters. The fraction of sp³-hybridized carbons (Fsp3) is 0.625. The Morgan fingerprint density at radius 2 is 1.89 bits per heavy atom. The van der Waals surface area contributed by atoms with Crippen LogP contribution in [0.3, 0.4) is 0 Å². The molecule has 0 amide bonds. The number of nitrogens with zero attached hydrogens (tertiary/aromatic N) is 1. The molecular weight excluding hydrogens is 236 g/mol. The first-order valence-electron chi connectivity index (χ1n) is 6.84. The van der Waals surface area contributed by atoms with Crippen LogP contribution in [0.15, 0.2) is 12.1 Å². The summed E-state index contributed by atoms with van der Waals surface area (Å²) >= 11 is 0. The van der Waals surface area contributed by atoms with Crippen LogP contribution >= 0.6 is 0 Å². The predicted octanol–water partition coefficient (Wildman–Crippen LogP) is 2.87. The van der Waals surface area contributed by atoms with E-state index in [1.165, 1.54) is 16.7 Å². The molecule has 0 aromatic heterocycles. The van der Waals surface area contributed by atoms with Crippen molar-refractivity contribution in [3.63, 3.8) is 0 Å². The summed E-state index contributed by atoms with van der Waals surface area (Å²) < 4.78 is 5.53. The Morgan fingerprint density at radius 3 is 2.42 bits per heavy atom. The quantitative estimate of drug-likeness (QED) is 0.858. The first kappa shape index (κ1) is 16.0. The van der Waals surface area contributed by atoms with Gasteiger partial charge < -0.3 is 15.4 Å². The lowest BCUT2D eigenvalue weighted by Gasteiger charge is -2.24. The van der Waals surface area contributed by atoms with Gasteiger partial charge in [-0.2, -0.15) is 0 Å². The van der Waals surface area contributed by atoms with Crippen LogP contribution in [0.25, 0.3) is 0 Å². The van der Waals surface area contributed by atoms with Crippen LogP contribution < -0.4 is 10.5 Å². The second kappa shape index (κ2) is 6.40. The van der Waals surface area contributed by atoms with E-state index in [0.717, 1.165) is 25.3 Å². The maximum atomic E-state index is 6.03. The molecule has 0 atom stereocenters. The summed E-state index contributed by atoms with van der Waals surface area (Å²) in [6.45, 7) is 10.2. The Balaban J connectivity index is 2.76. The van der Waals surface area contributed by atoms with Crippen LogP contribution in [0.2, 0.25) is 0 Å². The molecule has 0 radical (unpaired) electrons. The van der Waals surface area contributed by atoms with E-state index in [0.29, 0.717) is 0 Å². The lowest BCUT2D eigenvalue weighted by atomic mass is 10.0. The van der Waals surface area contributed by atoms with Gasteiger partial charge in [-0.1, -0.05) is 17.7 Å². The summed E-state index contributed by atoms with van der Waals surface area (Å²) in [7, 11) is 3.87. The first-order chi connectivity index (χ1) is 8.73. The minimum atomic E-state index is -0.110. The van der Waals surface area contributed by atoms with Crippen LogP contribution in [0.1, 0.15) is 37.0 Å². The Kier molecular flexibility index (Phi) is 5.39. The van der Waals surface area contributed by atoms with Crippen molar-refractivity contribution in [2.24, 2.45) is 5.73 Å². The highest BCUT2D eigenvalue weighted by Gasteiger charge is 2.14. The van der Waals surface area contributed by atoms with Gasteiger partial charge in [0.1, 0.15) is 5.75 Å². The Bertz CT molecular complexity index is 421. The van der Waals surface area contributed by atoms with Gasteiger partial charge in [0.2, 0.25) is 0 Å². The molecule has 1 rings (SSSR count). The number of hydrogen-bond donors (Lipinski definition) is 1. The molecule has 0 saturated heterocycles. The summed E-state index contributed by atoms with van der Waals surface area (Å²) in [4.78, 5) is 2.30. The number of ether oxygens (including phenoxy) is 1. The molecule has 3 heteroatoms. The number of nitrogens with two attached hydrogens (primary N) is 1. The van der Waals surface area contributed by atoms with Crippen molar-refractivity contribution in [3.8, 4) is 5.75 Å². The zero-order chi connectivity index (χ0) is 14.6. The second-order valence-corrected chi connectivity index (χ2v) is 6.25. The number of hydrogen-bond acceptors (Lipinski definition) is 3. The molecule has 108 valence electrons. The zero-order valence-corrected chi connectivity index (χ0v) is 13.2. The fourth-order valence-electron chi connectivity index (χ4n) is 2.30. The van der Waals surface area contributed by atoms with Crippen molar-refractivity contribution in [1.82, 2.24) is 4.90 Å². The van der Waals surface area contributed by atoms with E-state index < -0.39 is 0 Å². The molecule has 3 nitrogen and oxygen atoms in total. The largest absolute Gasteiger partial charge is 0.496 e. The fourth-order valence-corrected chi connectivity index (χ4v) is 2.30. The lowest BCUT2D eigenvalue weighted by molar-refractivity contribution is 0.284. The van der Waals surface area contributed by atoms with E-state index >= 15 is 0 Å². The highest BCUT2D eigenvalue weighted by atomic mass is 16.5. The Labute approximate surface area is 117 Å². The molecule has 0 bridgehead atoms. The maximum absolute atomic E-state index is 6.03. The van der Waals surface area contributed by atoms with Gasteiger partial charge in [-0.3, -0.25) is 0 Å². The topological polar surface area (TPSA) is 38.5 Å². The van der Waals surface area contributed by atoms with Crippen molar-refractivity contribution in [3.05, 3.63) is 28.8 Å². The van der Waals surface area contributed by atoms with Gasteiger partial charge in [-0.05, 0) is 53.3 Å². The van der Waals surface area contributed by atoms with Gasteiger partial charge in [0.05, 0.1) is 7.11 Å². The van der Waals surface area contributed by atoms with Crippen molar-refractivity contribution in [2.75, 3.05) is 20.7 Å². The molecule has 1 aromatic rings. The van der Waals surface area contributed by atoms with Gasteiger partial charge in [-0.15, -0.1) is 0 Å². The molecule has 0 aliphatic carbocycles. The minimum absolute atomic E-state index is 0.110. The van der Waals surface area contributed by atoms with E-state index in [2.05, 4.69) is 51.8 Å². The van der Waals surface area contributed by atoms with Crippen molar-refractivity contribution in [2.45, 2.75) is 46.2 Å². The SMILES string of the molecule is COc1c(C)cc(C)cc1CN(C)CCC(C)(C)N. The van der Waals surface area contributed by atoms with Crippen molar-refractivity contribution < 1.29 is 4.74 Å².